The zero-order chi connectivity index (χ0) is 12.5. The second kappa shape index (κ2) is 4.21. The summed E-state index contributed by atoms with van der Waals surface area (Å²) in [5.74, 6) is 0. The average Bonchev–Trinajstić information content (AvgIpc) is 2.75. The zero-order valence-corrected chi connectivity index (χ0v) is 8.66. The van der Waals surface area contributed by atoms with Gasteiger partial charge in [-0.05, 0) is 11.6 Å². The van der Waals surface area contributed by atoms with E-state index in [-0.39, 0.29) is 17.7 Å². The lowest BCUT2D eigenvalue weighted by atomic mass is 10.00. The fourth-order valence-corrected chi connectivity index (χ4v) is 1.59. The second-order valence-corrected chi connectivity index (χ2v) is 3.42. The van der Waals surface area contributed by atoms with Crippen LogP contribution in [0, 0.1) is 0 Å². The van der Waals surface area contributed by atoms with Crippen LogP contribution in [0.25, 0.3) is 11.1 Å². The van der Waals surface area contributed by atoms with Gasteiger partial charge in [-0.25, -0.2) is 0 Å². The Kier molecular flexibility index (Phi) is 2.89. The van der Waals surface area contributed by atoms with E-state index in [1.165, 1.54) is 24.5 Å². The number of benzene rings is 1. The van der Waals surface area contributed by atoms with Gasteiger partial charge in [0, 0.05) is 12.1 Å². The molecule has 0 aliphatic carbocycles. The number of alkyl halides is 3. The van der Waals surface area contributed by atoms with Crippen LogP contribution >= 0.6 is 0 Å². The maximum Gasteiger partial charge on any atom is 0.417 e. The molecule has 6 heteroatoms. The Labute approximate surface area is 95.0 Å². The summed E-state index contributed by atoms with van der Waals surface area (Å²) in [4.78, 5) is 0. The first-order valence-electron chi connectivity index (χ1n) is 4.84. The van der Waals surface area contributed by atoms with E-state index in [2.05, 4.69) is 9.68 Å². The summed E-state index contributed by atoms with van der Waals surface area (Å²) in [5, 5.41) is 3.57. The number of hydrogen-bond donors (Lipinski definition) is 1. The fraction of sp³-hybridized carbons (Fsp3) is 0.182. The Bertz CT molecular complexity index is 519. The van der Waals surface area contributed by atoms with Gasteiger partial charge in [0.2, 0.25) is 0 Å². The lowest BCUT2D eigenvalue weighted by molar-refractivity contribution is -0.137. The predicted molar refractivity (Wildman–Crippen MR) is 54.8 cm³/mol. The smallest absolute Gasteiger partial charge is 0.364 e. The summed E-state index contributed by atoms with van der Waals surface area (Å²) < 4.78 is 43.0. The highest BCUT2D eigenvalue weighted by Gasteiger charge is 2.34. The van der Waals surface area contributed by atoms with E-state index in [1.54, 1.807) is 0 Å². The monoisotopic (exact) mass is 242 g/mol. The molecule has 0 aliphatic rings. The van der Waals surface area contributed by atoms with E-state index in [0.717, 1.165) is 6.07 Å². The van der Waals surface area contributed by atoms with E-state index in [9.17, 15) is 13.2 Å². The summed E-state index contributed by atoms with van der Waals surface area (Å²) in [7, 11) is 0. The van der Waals surface area contributed by atoms with Crippen molar-refractivity contribution < 1.29 is 17.7 Å². The van der Waals surface area contributed by atoms with Gasteiger partial charge in [0.25, 0.3) is 0 Å². The van der Waals surface area contributed by atoms with E-state index < -0.39 is 11.7 Å². The Morgan fingerprint density at radius 2 is 1.88 bits per heavy atom. The van der Waals surface area contributed by atoms with Gasteiger partial charge in [-0.2, -0.15) is 13.2 Å². The summed E-state index contributed by atoms with van der Waals surface area (Å²) in [5.41, 5.74) is 5.28. The van der Waals surface area contributed by atoms with Crippen molar-refractivity contribution in [3.63, 3.8) is 0 Å². The molecular formula is C11H9F3N2O. The highest BCUT2D eigenvalue weighted by molar-refractivity contribution is 5.69. The third-order valence-corrected chi connectivity index (χ3v) is 2.36. The van der Waals surface area contributed by atoms with Gasteiger partial charge in [-0.1, -0.05) is 23.4 Å². The van der Waals surface area contributed by atoms with E-state index in [4.69, 9.17) is 5.73 Å². The van der Waals surface area contributed by atoms with Gasteiger partial charge in [-0.15, -0.1) is 0 Å². The summed E-state index contributed by atoms with van der Waals surface area (Å²) in [6, 6.07) is 5.25. The topological polar surface area (TPSA) is 52.0 Å². The summed E-state index contributed by atoms with van der Waals surface area (Å²) >= 11 is 0. The van der Waals surface area contributed by atoms with Crippen LogP contribution in [0.15, 0.2) is 35.1 Å². The van der Waals surface area contributed by atoms with E-state index in [0.29, 0.717) is 5.69 Å². The molecule has 3 nitrogen and oxygen atoms in total. The van der Waals surface area contributed by atoms with Crippen LogP contribution in [0.3, 0.4) is 0 Å². The maximum absolute atomic E-state index is 12.8. The van der Waals surface area contributed by atoms with Crippen molar-refractivity contribution in [2.75, 3.05) is 0 Å². The largest absolute Gasteiger partial charge is 0.417 e. The molecule has 1 aromatic heterocycles. The van der Waals surface area contributed by atoms with Crippen LogP contribution < -0.4 is 5.73 Å². The number of nitrogens with two attached hydrogens (primary N) is 1. The minimum Gasteiger partial charge on any atom is -0.364 e. The molecule has 1 aromatic carbocycles. The van der Waals surface area contributed by atoms with Crippen molar-refractivity contribution in [2.24, 2.45) is 5.73 Å². The number of rotatable bonds is 2. The van der Waals surface area contributed by atoms with Gasteiger partial charge < -0.3 is 10.3 Å². The van der Waals surface area contributed by atoms with Crippen LogP contribution in [0.5, 0.6) is 0 Å². The van der Waals surface area contributed by atoms with Crippen LogP contribution in [-0.4, -0.2) is 5.16 Å². The molecular weight excluding hydrogens is 233 g/mol. The molecule has 2 rings (SSSR count). The lowest BCUT2D eigenvalue weighted by Gasteiger charge is -2.11. The minimum atomic E-state index is -4.42. The van der Waals surface area contributed by atoms with Gasteiger partial charge >= 0.3 is 6.18 Å². The minimum absolute atomic E-state index is 0.0258. The van der Waals surface area contributed by atoms with Crippen molar-refractivity contribution in [2.45, 2.75) is 12.7 Å². The Morgan fingerprint density at radius 3 is 2.53 bits per heavy atom. The van der Waals surface area contributed by atoms with Crippen molar-refractivity contribution >= 4 is 0 Å². The molecule has 0 spiro atoms. The van der Waals surface area contributed by atoms with Crippen LogP contribution in [0.2, 0.25) is 0 Å². The number of hydrogen-bond acceptors (Lipinski definition) is 3. The Morgan fingerprint density at radius 1 is 1.18 bits per heavy atom. The molecule has 2 N–H and O–H groups in total. The molecule has 0 fully saturated rings. The molecule has 0 atom stereocenters. The summed E-state index contributed by atoms with van der Waals surface area (Å²) in [6.07, 6.45) is -3.24. The molecule has 0 radical (unpaired) electrons. The standard InChI is InChI=1S/C11H9F3N2O/c12-11(13,14)9-4-2-1-3-7(9)8-6-17-16-10(8)5-15/h1-4,6H,5,15H2. The molecule has 1 heterocycles. The normalized spacial score (nSPS) is 11.8. The lowest BCUT2D eigenvalue weighted by Crippen LogP contribution is -2.08. The quantitative estimate of drug-likeness (QED) is 0.880. The number of nitrogens with zero attached hydrogens (tertiary/aromatic N) is 1. The predicted octanol–water partition coefficient (Wildman–Crippen LogP) is 2.82. The first-order chi connectivity index (χ1) is 8.04. The van der Waals surface area contributed by atoms with Gasteiger partial charge in [0.15, 0.2) is 0 Å². The zero-order valence-electron chi connectivity index (χ0n) is 8.66. The highest BCUT2D eigenvalue weighted by Crippen LogP contribution is 2.37. The first kappa shape index (κ1) is 11.7. The number of halogens is 3. The van der Waals surface area contributed by atoms with Crippen LogP contribution in [-0.2, 0) is 12.7 Å². The van der Waals surface area contributed by atoms with Crippen LogP contribution in [0.4, 0.5) is 13.2 Å². The first-order valence-corrected chi connectivity index (χ1v) is 4.84. The van der Waals surface area contributed by atoms with Gasteiger partial charge in [0.05, 0.1) is 5.56 Å². The SMILES string of the molecule is NCc1nocc1-c1ccccc1C(F)(F)F. The molecule has 2 aromatic rings. The maximum atomic E-state index is 12.8. The third kappa shape index (κ3) is 2.16. The summed E-state index contributed by atoms with van der Waals surface area (Å²) in [6.45, 7) is 0.0258. The molecule has 0 aliphatic heterocycles. The van der Waals surface area contributed by atoms with Crippen molar-refractivity contribution in [3.8, 4) is 11.1 Å². The molecule has 90 valence electrons. The molecule has 0 saturated carbocycles. The third-order valence-electron chi connectivity index (χ3n) is 2.36. The van der Waals surface area contributed by atoms with E-state index >= 15 is 0 Å². The average molecular weight is 242 g/mol. The van der Waals surface area contributed by atoms with Crippen LogP contribution in [0.1, 0.15) is 11.3 Å². The highest BCUT2D eigenvalue weighted by atomic mass is 19.4. The Hall–Kier alpha value is -1.82. The fourth-order valence-electron chi connectivity index (χ4n) is 1.59. The van der Waals surface area contributed by atoms with Gasteiger partial charge in [0.1, 0.15) is 12.0 Å². The van der Waals surface area contributed by atoms with Gasteiger partial charge in [-0.3, -0.25) is 0 Å². The molecule has 0 saturated heterocycles. The van der Waals surface area contributed by atoms with Crippen molar-refractivity contribution in [1.82, 2.24) is 5.16 Å². The molecule has 0 amide bonds. The number of aromatic nitrogens is 1. The Balaban J connectivity index is 2.60. The van der Waals surface area contributed by atoms with Crippen molar-refractivity contribution in [1.29, 1.82) is 0 Å². The second-order valence-electron chi connectivity index (χ2n) is 3.42. The molecule has 0 unspecified atom stereocenters. The van der Waals surface area contributed by atoms with E-state index in [1.807, 2.05) is 0 Å². The van der Waals surface area contributed by atoms with Crippen molar-refractivity contribution in [3.05, 3.63) is 41.8 Å². The molecule has 0 bridgehead atoms. The molecule has 17 heavy (non-hydrogen) atoms.